The molecule has 2 rings (SSSR count). The van der Waals surface area contributed by atoms with E-state index < -0.39 is 0 Å². The average molecular weight is 273 g/mol. The first-order valence-corrected chi connectivity index (χ1v) is 7.07. The first kappa shape index (κ1) is 14.4. The summed E-state index contributed by atoms with van der Waals surface area (Å²) in [5.74, 6) is 2.12. The maximum Gasteiger partial charge on any atom is 0.129 e. The quantitative estimate of drug-likeness (QED) is 0.909. The van der Waals surface area contributed by atoms with E-state index in [0.29, 0.717) is 11.7 Å². The van der Waals surface area contributed by atoms with Gasteiger partial charge in [-0.05, 0) is 30.0 Å². The molecule has 2 N–H and O–H groups in total. The Balaban J connectivity index is 2.26. The molecule has 20 heavy (non-hydrogen) atoms. The predicted octanol–water partition coefficient (Wildman–Crippen LogP) is 3.27. The van der Waals surface area contributed by atoms with Gasteiger partial charge in [-0.15, -0.1) is 0 Å². The molecule has 0 aliphatic rings. The zero-order valence-corrected chi connectivity index (χ0v) is 12.7. The summed E-state index contributed by atoms with van der Waals surface area (Å²) in [5, 5.41) is 4.45. The van der Waals surface area contributed by atoms with Crippen LogP contribution in [0.1, 0.15) is 26.5 Å². The molecule has 0 aliphatic carbocycles. The van der Waals surface area contributed by atoms with Crippen molar-refractivity contribution in [2.24, 2.45) is 13.0 Å². The van der Waals surface area contributed by atoms with E-state index in [1.165, 1.54) is 0 Å². The van der Waals surface area contributed by atoms with Crippen LogP contribution in [0.15, 0.2) is 24.3 Å². The second kappa shape index (κ2) is 5.99. The van der Waals surface area contributed by atoms with Gasteiger partial charge in [-0.3, -0.25) is 4.68 Å². The van der Waals surface area contributed by atoms with Crippen molar-refractivity contribution < 1.29 is 4.74 Å². The van der Waals surface area contributed by atoms with Crippen molar-refractivity contribution in [3.8, 4) is 16.9 Å². The summed E-state index contributed by atoms with van der Waals surface area (Å²) in [7, 11) is 1.87. The molecule has 0 fully saturated rings. The highest BCUT2D eigenvalue weighted by atomic mass is 16.5. The van der Waals surface area contributed by atoms with E-state index in [9.17, 15) is 0 Å². The van der Waals surface area contributed by atoms with E-state index in [1.54, 1.807) is 4.68 Å². The third-order valence-electron chi connectivity index (χ3n) is 3.23. The Kier molecular flexibility index (Phi) is 4.32. The molecule has 0 atom stereocenters. The number of benzene rings is 1. The first-order valence-electron chi connectivity index (χ1n) is 7.07. The fraction of sp³-hybridized carbons (Fsp3) is 0.438. The number of aryl methyl sites for hydroxylation is 2. The third kappa shape index (κ3) is 2.95. The number of hydrogen-bond acceptors (Lipinski definition) is 3. The summed E-state index contributed by atoms with van der Waals surface area (Å²) in [6.45, 7) is 7.09. The van der Waals surface area contributed by atoms with Gasteiger partial charge in [0.15, 0.2) is 0 Å². The molecule has 108 valence electrons. The molecule has 0 bridgehead atoms. The molecule has 1 aromatic heterocycles. The van der Waals surface area contributed by atoms with Crippen molar-refractivity contribution in [3.63, 3.8) is 0 Å². The number of anilines is 1. The van der Waals surface area contributed by atoms with Gasteiger partial charge in [0.05, 0.1) is 12.3 Å². The van der Waals surface area contributed by atoms with Gasteiger partial charge < -0.3 is 10.5 Å². The number of hydrogen-bond donors (Lipinski definition) is 1. The third-order valence-corrected chi connectivity index (χ3v) is 3.23. The number of ether oxygens (including phenoxy) is 1. The van der Waals surface area contributed by atoms with Crippen LogP contribution in [-0.2, 0) is 13.5 Å². The highest BCUT2D eigenvalue weighted by Crippen LogP contribution is 2.30. The summed E-state index contributed by atoms with van der Waals surface area (Å²) in [6.07, 6.45) is 0.867. The molecule has 1 heterocycles. The van der Waals surface area contributed by atoms with Gasteiger partial charge in [-0.1, -0.05) is 32.9 Å². The van der Waals surface area contributed by atoms with E-state index in [-0.39, 0.29) is 0 Å². The minimum absolute atomic E-state index is 0.523. The molecule has 0 spiro atoms. The molecule has 0 saturated carbocycles. The topological polar surface area (TPSA) is 53.1 Å². The summed E-state index contributed by atoms with van der Waals surface area (Å²) < 4.78 is 7.43. The van der Waals surface area contributed by atoms with Crippen LogP contribution in [0.3, 0.4) is 0 Å². The van der Waals surface area contributed by atoms with E-state index >= 15 is 0 Å². The summed E-state index contributed by atoms with van der Waals surface area (Å²) in [5.41, 5.74) is 9.27. The van der Waals surface area contributed by atoms with Gasteiger partial charge >= 0.3 is 0 Å². The SMILES string of the molecule is CCc1nn(C)c(N)c1-c1ccc(OCC(C)C)cc1. The van der Waals surface area contributed by atoms with Crippen LogP contribution in [0.2, 0.25) is 0 Å². The molecule has 0 radical (unpaired) electrons. The Morgan fingerprint density at radius 1 is 1.25 bits per heavy atom. The van der Waals surface area contributed by atoms with Crippen LogP contribution in [0.4, 0.5) is 5.82 Å². The van der Waals surface area contributed by atoms with Gasteiger partial charge in [0.2, 0.25) is 0 Å². The number of nitrogens with two attached hydrogens (primary N) is 1. The second-order valence-corrected chi connectivity index (χ2v) is 5.41. The zero-order chi connectivity index (χ0) is 14.7. The lowest BCUT2D eigenvalue weighted by Gasteiger charge is -2.09. The lowest BCUT2D eigenvalue weighted by Crippen LogP contribution is -2.04. The molecule has 0 amide bonds. The molecule has 4 nitrogen and oxygen atoms in total. The largest absolute Gasteiger partial charge is 0.493 e. The molecule has 4 heteroatoms. The number of rotatable bonds is 5. The Morgan fingerprint density at radius 3 is 2.45 bits per heavy atom. The zero-order valence-electron chi connectivity index (χ0n) is 12.7. The Hall–Kier alpha value is -1.97. The Morgan fingerprint density at radius 2 is 1.90 bits per heavy atom. The maximum absolute atomic E-state index is 6.12. The van der Waals surface area contributed by atoms with Crippen LogP contribution >= 0.6 is 0 Å². The van der Waals surface area contributed by atoms with E-state index in [0.717, 1.165) is 35.6 Å². The lowest BCUT2D eigenvalue weighted by atomic mass is 10.0. The van der Waals surface area contributed by atoms with Crippen LogP contribution in [0.5, 0.6) is 5.75 Å². The smallest absolute Gasteiger partial charge is 0.129 e. The average Bonchev–Trinajstić information content (AvgIpc) is 2.72. The van der Waals surface area contributed by atoms with Gasteiger partial charge in [-0.2, -0.15) is 5.10 Å². The monoisotopic (exact) mass is 273 g/mol. The molecule has 0 saturated heterocycles. The van der Waals surface area contributed by atoms with Gasteiger partial charge in [0, 0.05) is 12.6 Å². The van der Waals surface area contributed by atoms with E-state index in [1.807, 2.05) is 31.3 Å². The van der Waals surface area contributed by atoms with Crippen LogP contribution < -0.4 is 10.5 Å². The highest BCUT2D eigenvalue weighted by molar-refractivity contribution is 5.77. The van der Waals surface area contributed by atoms with Crippen LogP contribution in [0.25, 0.3) is 11.1 Å². The van der Waals surface area contributed by atoms with Gasteiger partial charge in [-0.25, -0.2) is 0 Å². The summed E-state index contributed by atoms with van der Waals surface area (Å²) >= 11 is 0. The number of nitrogens with zero attached hydrogens (tertiary/aromatic N) is 2. The summed E-state index contributed by atoms with van der Waals surface area (Å²) in [4.78, 5) is 0. The van der Waals surface area contributed by atoms with E-state index in [4.69, 9.17) is 10.5 Å². The van der Waals surface area contributed by atoms with E-state index in [2.05, 4.69) is 25.9 Å². The standard InChI is InChI=1S/C16H23N3O/c1-5-14-15(16(17)19(4)18-14)12-6-8-13(9-7-12)20-10-11(2)3/h6-9,11H,5,10,17H2,1-4H3. The molecule has 2 aromatic rings. The van der Waals surface area contributed by atoms with Crippen molar-refractivity contribution in [3.05, 3.63) is 30.0 Å². The molecule has 0 aliphatic heterocycles. The number of nitrogen functional groups attached to an aromatic ring is 1. The number of aromatic nitrogens is 2. The normalized spacial score (nSPS) is 11.1. The van der Waals surface area contributed by atoms with Crippen LogP contribution in [0, 0.1) is 5.92 Å². The van der Waals surface area contributed by atoms with Gasteiger partial charge in [0.1, 0.15) is 11.6 Å². The minimum Gasteiger partial charge on any atom is -0.493 e. The van der Waals surface area contributed by atoms with Crippen molar-refractivity contribution >= 4 is 5.82 Å². The predicted molar refractivity (Wildman–Crippen MR) is 82.8 cm³/mol. The van der Waals surface area contributed by atoms with Crippen molar-refractivity contribution in [2.75, 3.05) is 12.3 Å². The first-order chi connectivity index (χ1) is 9.52. The molecular formula is C16H23N3O. The van der Waals surface area contributed by atoms with Gasteiger partial charge in [0.25, 0.3) is 0 Å². The minimum atomic E-state index is 0.523. The Bertz CT molecular complexity index is 570. The molecular weight excluding hydrogens is 250 g/mol. The van der Waals surface area contributed by atoms with Crippen molar-refractivity contribution in [2.45, 2.75) is 27.2 Å². The molecule has 0 unspecified atom stereocenters. The van der Waals surface area contributed by atoms with Crippen molar-refractivity contribution in [1.82, 2.24) is 9.78 Å². The lowest BCUT2D eigenvalue weighted by molar-refractivity contribution is 0.271. The highest BCUT2D eigenvalue weighted by Gasteiger charge is 2.14. The fourth-order valence-electron chi connectivity index (χ4n) is 2.14. The molecule has 1 aromatic carbocycles. The van der Waals surface area contributed by atoms with Crippen molar-refractivity contribution in [1.29, 1.82) is 0 Å². The van der Waals surface area contributed by atoms with Crippen LogP contribution in [-0.4, -0.2) is 16.4 Å². The Labute approximate surface area is 120 Å². The fourth-order valence-corrected chi connectivity index (χ4v) is 2.14. The maximum atomic E-state index is 6.12. The summed E-state index contributed by atoms with van der Waals surface area (Å²) in [6, 6.07) is 8.07. The second-order valence-electron chi connectivity index (χ2n) is 5.41.